The molecule has 3 rings (SSSR count). The van der Waals surface area contributed by atoms with E-state index >= 15 is 0 Å². The molecule has 3 N–H and O–H groups in total. The van der Waals surface area contributed by atoms with Gasteiger partial charge in [0.25, 0.3) is 0 Å². The van der Waals surface area contributed by atoms with Gasteiger partial charge in [-0.3, -0.25) is 4.98 Å². The van der Waals surface area contributed by atoms with Crippen molar-refractivity contribution in [2.24, 2.45) is 0 Å². The maximum atomic E-state index is 13.8. The number of para-hydroxylation sites is 1. The molecule has 0 amide bonds. The molecule has 3 nitrogen and oxygen atoms in total. The Kier molecular flexibility index (Phi) is 3.17. The first-order valence-electron chi connectivity index (χ1n) is 6.42. The second-order valence-electron chi connectivity index (χ2n) is 4.81. The number of halogens is 2. The summed E-state index contributed by atoms with van der Waals surface area (Å²) in [5.74, 6) is -1.30. The zero-order chi connectivity index (χ0) is 15.0. The number of pyridine rings is 1. The van der Waals surface area contributed by atoms with Crippen LogP contribution in [0.5, 0.6) is 0 Å². The van der Waals surface area contributed by atoms with Gasteiger partial charge in [-0.1, -0.05) is 6.07 Å². The molecule has 3 aromatic rings. The smallest absolute Gasteiger partial charge is 0.149 e. The van der Waals surface area contributed by atoms with Crippen molar-refractivity contribution in [1.82, 2.24) is 4.98 Å². The first-order valence-corrected chi connectivity index (χ1v) is 6.42. The van der Waals surface area contributed by atoms with Crippen LogP contribution in [0.4, 0.5) is 25.8 Å². The van der Waals surface area contributed by atoms with E-state index in [4.69, 9.17) is 5.73 Å². The minimum absolute atomic E-state index is 0.188. The largest absolute Gasteiger partial charge is 0.399 e. The lowest BCUT2D eigenvalue weighted by molar-refractivity contribution is 0.591. The van der Waals surface area contributed by atoms with Gasteiger partial charge in [0.1, 0.15) is 17.3 Å². The lowest BCUT2D eigenvalue weighted by Gasteiger charge is -2.12. The Hall–Kier alpha value is -2.69. The van der Waals surface area contributed by atoms with Crippen LogP contribution in [0.25, 0.3) is 10.9 Å². The van der Waals surface area contributed by atoms with Gasteiger partial charge in [-0.25, -0.2) is 8.78 Å². The van der Waals surface area contributed by atoms with E-state index in [2.05, 4.69) is 10.3 Å². The fourth-order valence-corrected chi connectivity index (χ4v) is 2.23. The average molecular weight is 285 g/mol. The van der Waals surface area contributed by atoms with Crippen LogP contribution >= 0.6 is 0 Å². The Labute approximate surface area is 120 Å². The molecule has 0 fully saturated rings. The SMILES string of the molecule is Cc1cc(Nc2c(F)cccc2F)c2cc(N)ccc2n1. The van der Waals surface area contributed by atoms with E-state index in [1.807, 2.05) is 6.92 Å². The Morgan fingerprint density at radius 2 is 1.76 bits per heavy atom. The van der Waals surface area contributed by atoms with Crippen molar-refractivity contribution in [2.75, 3.05) is 11.1 Å². The monoisotopic (exact) mass is 285 g/mol. The normalized spacial score (nSPS) is 10.8. The highest BCUT2D eigenvalue weighted by Gasteiger charge is 2.11. The zero-order valence-electron chi connectivity index (χ0n) is 11.3. The molecule has 1 aromatic heterocycles. The van der Waals surface area contributed by atoms with E-state index in [0.717, 1.165) is 5.69 Å². The number of nitrogens with one attached hydrogen (secondary N) is 1. The number of anilines is 3. The van der Waals surface area contributed by atoms with Crippen LogP contribution in [0.2, 0.25) is 0 Å². The molecule has 106 valence electrons. The molecule has 0 saturated carbocycles. The van der Waals surface area contributed by atoms with Crippen molar-refractivity contribution in [3.8, 4) is 0 Å². The fourth-order valence-electron chi connectivity index (χ4n) is 2.23. The quantitative estimate of drug-likeness (QED) is 0.695. The van der Waals surface area contributed by atoms with Crippen molar-refractivity contribution >= 4 is 28.0 Å². The van der Waals surface area contributed by atoms with Crippen molar-refractivity contribution < 1.29 is 8.78 Å². The van der Waals surface area contributed by atoms with Gasteiger partial charge in [-0.15, -0.1) is 0 Å². The summed E-state index contributed by atoms with van der Waals surface area (Å²) >= 11 is 0. The molecule has 0 spiro atoms. The standard InChI is InChI=1S/C16H13F2N3/c1-9-7-15(11-8-10(19)5-6-14(11)20-9)21-16-12(17)3-2-4-13(16)18/h2-8H,19H2,1H3,(H,20,21). The summed E-state index contributed by atoms with van der Waals surface area (Å²) in [5, 5.41) is 3.52. The number of nitrogen functional groups attached to an aromatic ring is 1. The molecule has 0 radical (unpaired) electrons. The lowest BCUT2D eigenvalue weighted by Crippen LogP contribution is -2.00. The number of fused-ring (bicyclic) bond motifs is 1. The first-order chi connectivity index (χ1) is 10.0. The van der Waals surface area contributed by atoms with Gasteiger partial charge >= 0.3 is 0 Å². The van der Waals surface area contributed by atoms with Gasteiger partial charge < -0.3 is 11.1 Å². The minimum Gasteiger partial charge on any atom is -0.399 e. The minimum atomic E-state index is -0.651. The number of nitrogens with zero attached hydrogens (tertiary/aromatic N) is 1. The lowest BCUT2D eigenvalue weighted by atomic mass is 10.1. The van der Waals surface area contributed by atoms with Gasteiger partial charge in [-0.05, 0) is 43.3 Å². The van der Waals surface area contributed by atoms with E-state index in [1.54, 1.807) is 24.3 Å². The maximum Gasteiger partial charge on any atom is 0.149 e. The molecule has 0 aliphatic heterocycles. The van der Waals surface area contributed by atoms with Gasteiger partial charge in [0.15, 0.2) is 0 Å². The van der Waals surface area contributed by atoms with Gasteiger partial charge in [0, 0.05) is 22.5 Å². The van der Waals surface area contributed by atoms with Gasteiger partial charge in [-0.2, -0.15) is 0 Å². The molecule has 0 bridgehead atoms. The van der Waals surface area contributed by atoms with Crippen molar-refractivity contribution in [3.63, 3.8) is 0 Å². The summed E-state index contributed by atoms with van der Waals surface area (Å²) < 4.78 is 27.5. The van der Waals surface area contributed by atoms with E-state index in [0.29, 0.717) is 22.3 Å². The number of rotatable bonds is 2. The molecular formula is C16H13F2N3. The number of hydrogen-bond donors (Lipinski definition) is 2. The summed E-state index contributed by atoms with van der Waals surface area (Å²) in [5.41, 5.74) is 8.17. The average Bonchev–Trinajstić information content (AvgIpc) is 2.43. The Morgan fingerprint density at radius 3 is 2.48 bits per heavy atom. The van der Waals surface area contributed by atoms with E-state index in [1.165, 1.54) is 18.2 Å². The summed E-state index contributed by atoms with van der Waals surface area (Å²) in [6, 6.07) is 10.7. The molecule has 1 heterocycles. The molecule has 0 aliphatic rings. The number of nitrogens with two attached hydrogens (primary N) is 1. The zero-order valence-corrected chi connectivity index (χ0v) is 11.3. The van der Waals surface area contributed by atoms with Crippen LogP contribution in [0.15, 0.2) is 42.5 Å². The molecule has 0 unspecified atom stereocenters. The highest BCUT2D eigenvalue weighted by molar-refractivity contribution is 5.95. The van der Waals surface area contributed by atoms with Gasteiger partial charge in [0.05, 0.1) is 5.52 Å². The third-order valence-corrected chi connectivity index (χ3v) is 3.18. The Morgan fingerprint density at radius 1 is 1.05 bits per heavy atom. The van der Waals surface area contributed by atoms with E-state index in [-0.39, 0.29) is 5.69 Å². The highest BCUT2D eigenvalue weighted by atomic mass is 19.1. The van der Waals surface area contributed by atoms with Crippen molar-refractivity contribution in [2.45, 2.75) is 6.92 Å². The molecule has 5 heteroatoms. The molecule has 2 aromatic carbocycles. The predicted molar refractivity (Wildman–Crippen MR) is 80.5 cm³/mol. The van der Waals surface area contributed by atoms with Gasteiger partial charge in [0.2, 0.25) is 0 Å². The highest BCUT2D eigenvalue weighted by Crippen LogP contribution is 2.30. The van der Waals surface area contributed by atoms with Crippen LogP contribution in [0.3, 0.4) is 0 Å². The fraction of sp³-hybridized carbons (Fsp3) is 0.0625. The van der Waals surface area contributed by atoms with Crippen LogP contribution in [0, 0.1) is 18.6 Å². The third-order valence-electron chi connectivity index (χ3n) is 3.18. The van der Waals surface area contributed by atoms with Crippen LogP contribution in [-0.2, 0) is 0 Å². The van der Waals surface area contributed by atoms with Crippen molar-refractivity contribution in [3.05, 3.63) is 59.8 Å². The Balaban J connectivity index is 2.18. The van der Waals surface area contributed by atoms with Crippen molar-refractivity contribution in [1.29, 1.82) is 0 Å². The third kappa shape index (κ3) is 2.50. The number of hydrogen-bond acceptors (Lipinski definition) is 3. The number of aryl methyl sites for hydroxylation is 1. The number of aromatic nitrogens is 1. The summed E-state index contributed by atoms with van der Waals surface area (Å²) in [7, 11) is 0. The molecule has 21 heavy (non-hydrogen) atoms. The molecule has 0 aliphatic carbocycles. The van der Waals surface area contributed by atoms with E-state index < -0.39 is 11.6 Å². The summed E-state index contributed by atoms with van der Waals surface area (Å²) in [6.45, 7) is 1.82. The second-order valence-corrected chi connectivity index (χ2v) is 4.81. The van der Waals surface area contributed by atoms with Crippen LogP contribution in [0.1, 0.15) is 5.69 Å². The second kappa shape index (κ2) is 5.01. The molecule has 0 saturated heterocycles. The predicted octanol–water partition coefficient (Wildman–Crippen LogP) is 4.15. The molecule has 0 atom stereocenters. The van der Waals surface area contributed by atoms with Crippen LogP contribution < -0.4 is 11.1 Å². The van der Waals surface area contributed by atoms with Crippen LogP contribution in [-0.4, -0.2) is 4.98 Å². The summed E-state index contributed by atoms with van der Waals surface area (Å²) in [4.78, 5) is 4.38. The topological polar surface area (TPSA) is 50.9 Å². The number of benzene rings is 2. The first kappa shape index (κ1) is 13.3. The molecular weight excluding hydrogens is 272 g/mol. The van der Waals surface area contributed by atoms with E-state index in [9.17, 15) is 8.78 Å². The maximum absolute atomic E-state index is 13.8. The Bertz CT molecular complexity index is 811. The summed E-state index contributed by atoms with van der Waals surface area (Å²) in [6.07, 6.45) is 0.